The molecule has 0 bridgehead atoms. The first-order chi connectivity index (χ1) is 22.1. The summed E-state index contributed by atoms with van der Waals surface area (Å²) in [6.07, 6.45) is 5.33. The summed E-state index contributed by atoms with van der Waals surface area (Å²) < 4.78 is 17.6. The van der Waals surface area contributed by atoms with E-state index in [-0.39, 0.29) is 17.4 Å². The second kappa shape index (κ2) is 14.0. The molecule has 3 aliphatic rings. The highest BCUT2D eigenvalue weighted by molar-refractivity contribution is 6.52. The van der Waals surface area contributed by atoms with Crippen molar-refractivity contribution in [3.05, 3.63) is 94.0 Å². The fourth-order valence-electron chi connectivity index (χ4n) is 6.50. The van der Waals surface area contributed by atoms with Gasteiger partial charge in [-0.05, 0) is 61.2 Å². The van der Waals surface area contributed by atoms with E-state index >= 15 is 0 Å². The number of alkyl halides is 1. The number of Topliss-reactive ketones (excluding diaryl/α,β-unsaturated/α-hetero) is 1. The number of para-hydroxylation sites is 1. The van der Waals surface area contributed by atoms with E-state index in [0.29, 0.717) is 72.6 Å². The zero-order valence-electron chi connectivity index (χ0n) is 25.2. The van der Waals surface area contributed by atoms with Crippen LogP contribution in [0.5, 0.6) is 11.5 Å². The van der Waals surface area contributed by atoms with Gasteiger partial charge in [-0.25, -0.2) is 0 Å². The van der Waals surface area contributed by atoms with Crippen LogP contribution in [-0.4, -0.2) is 74.1 Å². The van der Waals surface area contributed by atoms with Gasteiger partial charge in [-0.2, -0.15) is 4.79 Å². The summed E-state index contributed by atoms with van der Waals surface area (Å²) in [5, 5.41) is 2.92. The molecule has 2 heterocycles. The molecule has 0 saturated carbocycles. The van der Waals surface area contributed by atoms with Crippen LogP contribution in [0.15, 0.2) is 60.7 Å². The number of nitrogens with one attached hydrogen (secondary N) is 1. The SMILES string of the molecule is [N-]=[N+]=C1C(=O)c2ccc(C(=O)NCCOCCOCCCCCCCl)cc2C12c1ccccc1Oc1cccc(N3CCC3)c12. The summed E-state index contributed by atoms with van der Waals surface area (Å²) >= 11 is 5.70. The molecule has 2 aliphatic heterocycles. The van der Waals surface area contributed by atoms with Crippen molar-refractivity contribution < 1.29 is 28.6 Å². The number of unbranched alkanes of at least 4 members (excludes halogenated alkanes) is 3. The molecule has 1 amide bonds. The Balaban J connectivity index is 1.22. The van der Waals surface area contributed by atoms with Crippen molar-refractivity contribution >= 4 is 34.7 Å². The predicted molar refractivity (Wildman–Crippen MR) is 172 cm³/mol. The number of hydrogen-bond acceptors (Lipinski definition) is 6. The van der Waals surface area contributed by atoms with Gasteiger partial charge in [-0.3, -0.25) is 9.59 Å². The minimum Gasteiger partial charge on any atom is -0.457 e. The topological polar surface area (TPSA) is 114 Å². The number of hydrogen-bond donors (Lipinski definition) is 1. The molecule has 234 valence electrons. The number of carbonyl (C=O) groups is 2. The fraction of sp³-hybridized carbons (Fsp3) is 0.400. The third kappa shape index (κ3) is 5.77. The lowest BCUT2D eigenvalue weighted by Gasteiger charge is -2.41. The maximum Gasteiger partial charge on any atom is 0.358 e. The molecule has 45 heavy (non-hydrogen) atoms. The van der Waals surface area contributed by atoms with E-state index in [1.54, 1.807) is 18.2 Å². The Kier molecular flexibility index (Phi) is 9.61. The molecule has 1 atom stereocenters. The number of ketones is 1. The van der Waals surface area contributed by atoms with Crippen molar-refractivity contribution in [2.24, 2.45) is 0 Å². The van der Waals surface area contributed by atoms with Gasteiger partial charge in [0.15, 0.2) is 5.41 Å². The summed E-state index contributed by atoms with van der Waals surface area (Å²) in [5.41, 5.74) is 12.9. The second-order valence-corrected chi connectivity index (χ2v) is 11.8. The number of fused-ring (bicyclic) bond motifs is 6. The van der Waals surface area contributed by atoms with Crippen molar-refractivity contribution in [3.63, 3.8) is 0 Å². The maximum atomic E-state index is 13.9. The Morgan fingerprint density at radius 2 is 1.71 bits per heavy atom. The molecule has 6 rings (SSSR count). The summed E-state index contributed by atoms with van der Waals surface area (Å²) in [4.78, 5) is 33.1. The van der Waals surface area contributed by atoms with Crippen LogP contribution < -0.4 is 15.0 Å². The third-order valence-corrected chi connectivity index (χ3v) is 9.03. The van der Waals surface area contributed by atoms with Crippen LogP contribution in [0.3, 0.4) is 0 Å². The highest BCUT2D eigenvalue weighted by Gasteiger charge is 2.63. The van der Waals surface area contributed by atoms with E-state index in [1.807, 2.05) is 42.5 Å². The highest BCUT2D eigenvalue weighted by Crippen LogP contribution is 2.58. The Labute approximate surface area is 268 Å². The zero-order valence-corrected chi connectivity index (χ0v) is 26.0. The lowest BCUT2D eigenvalue weighted by molar-refractivity contribution is -0.0118. The molecule has 1 saturated heterocycles. The average molecular weight is 629 g/mol. The monoisotopic (exact) mass is 628 g/mol. The van der Waals surface area contributed by atoms with E-state index in [1.165, 1.54) is 0 Å². The number of halogens is 1. The summed E-state index contributed by atoms with van der Waals surface area (Å²) in [6.45, 7) is 4.05. The van der Waals surface area contributed by atoms with E-state index < -0.39 is 5.41 Å². The van der Waals surface area contributed by atoms with Gasteiger partial charge in [0, 0.05) is 60.1 Å². The first kappa shape index (κ1) is 31.0. The van der Waals surface area contributed by atoms with Crippen molar-refractivity contribution in [2.45, 2.75) is 37.5 Å². The van der Waals surface area contributed by atoms with E-state index in [9.17, 15) is 15.1 Å². The molecule has 1 aliphatic carbocycles. The lowest BCUT2D eigenvalue weighted by atomic mass is 9.66. The predicted octanol–water partition coefficient (Wildman–Crippen LogP) is 5.77. The Hall–Kier alpha value is -4.01. The molecule has 1 unspecified atom stereocenters. The van der Waals surface area contributed by atoms with Crippen LogP contribution in [0.4, 0.5) is 5.69 Å². The summed E-state index contributed by atoms with van der Waals surface area (Å²) in [7, 11) is 0. The molecule has 1 fully saturated rings. The number of anilines is 1. The van der Waals surface area contributed by atoms with Gasteiger partial charge < -0.3 is 30.0 Å². The fourth-order valence-corrected chi connectivity index (χ4v) is 6.69. The third-order valence-electron chi connectivity index (χ3n) is 8.76. The number of rotatable bonds is 14. The van der Waals surface area contributed by atoms with Crippen LogP contribution in [0, 0.1) is 0 Å². The second-order valence-electron chi connectivity index (χ2n) is 11.5. The summed E-state index contributed by atoms with van der Waals surface area (Å²) in [6, 6.07) is 18.3. The van der Waals surface area contributed by atoms with Gasteiger partial charge in [0.25, 0.3) is 11.7 Å². The molecule has 3 aromatic rings. The number of ether oxygens (including phenoxy) is 3. The molecule has 1 spiro atoms. The number of benzene rings is 3. The normalized spacial score (nSPS) is 17.7. The molecule has 0 aromatic heterocycles. The largest absolute Gasteiger partial charge is 0.457 e. The van der Waals surface area contributed by atoms with E-state index in [0.717, 1.165) is 56.4 Å². The van der Waals surface area contributed by atoms with Crippen molar-refractivity contribution in [2.75, 3.05) is 56.8 Å². The molecule has 9 nitrogen and oxygen atoms in total. The number of carbonyl (C=O) groups excluding carboxylic acids is 2. The lowest BCUT2D eigenvalue weighted by Crippen LogP contribution is -2.44. The van der Waals surface area contributed by atoms with Gasteiger partial charge >= 0.3 is 5.71 Å². The van der Waals surface area contributed by atoms with E-state index in [2.05, 4.69) is 15.0 Å². The quantitative estimate of drug-likeness (QED) is 0.105. The number of amides is 1. The highest BCUT2D eigenvalue weighted by atomic mass is 35.5. The molecule has 1 N–H and O–H groups in total. The van der Waals surface area contributed by atoms with Gasteiger partial charge in [0.1, 0.15) is 11.5 Å². The Morgan fingerprint density at radius 1 is 0.933 bits per heavy atom. The van der Waals surface area contributed by atoms with Crippen LogP contribution in [-0.2, 0) is 14.9 Å². The van der Waals surface area contributed by atoms with E-state index in [4.69, 9.17) is 25.8 Å². The maximum absolute atomic E-state index is 13.9. The smallest absolute Gasteiger partial charge is 0.358 e. The Bertz CT molecular complexity index is 1630. The standard InChI is InChI=1S/C35H37ClN4O5/c36-15-5-1-2-6-19-43-21-22-44-20-16-38-34(42)24-13-14-25-27(23-24)35(33(39-37)32(25)41)26-9-3-4-11-29(26)45-30-12-7-10-28(31(30)35)40-17-8-18-40/h3-4,7,9-14,23H,1-2,5-6,8,15-22H2,(H,38,42). The first-order valence-corrected chi connectivity index (χ1v) is 16.2. The summed E-state index contributed by atoms with van der Waals surface area (Å²) in [5.74, 6) is 1.18. The first-order valence-electron chi connectivity index (χ1n) is 15.7. The average Bonchev–Trinajstić information content (AvgIpc) is 3.27. The molecule has 10 heteroatoms. The van der Waals surface area contributed by atoms with Crippen LogP contribution in [0.1, 0.15) is 69.5 Å². The minimum absolute atomic E-state index is 0.00842. The van der Waals surface area contributed by atoms with Crippen LogP contribution >= 0.6 is 11.6 Å². The van der Waals surface area contributed by atoms with Crippen molar-refractivity contribution in [1.82, 2.24) is 5.32 Å². The van der Waals surface area contributed by atoms with Crippen molar-refractivity contribution in [3.8, 4) is 11.5 Å². The van der Waals surface area contributed by atoms with Crippen molar-refractivity contribution in [1.29, 1.82) is 0 Å². The molecular weight excluding hydrogens is 592 g/mol. The minimum atomic E-state index is -1.26. The zero-order chi connectivity index (χ0) is 31.2. The molecule has 3 aromatic carbocycles. The van der Waals surface area contributed by atoms with Crippen LogP contribution in [0.25, 0.3) is 5.53 Å². The molecular formula is C35H37ClN4O5. The van der Waals surface area contributed by atoms with Crippen LogP contribution in [0.2, 0.25) is 0 Å². The van der Waals surface area contributed by atoms with Gasteiger partial charge in [-0.15, -0.1) is 11.6 Å². The van der Waals surface area contributed by atoms with Gasteiger partial charge in [0.05, 0.1) is 19.8 Å². The number of nitrogens with zero attached hydrogens (tertiary/aromatic N) is 3. The molecule has 0 radical (unpaired) electrons. The Morgan fingerprint density at radius 3 is 2.49 bits per heavy atom. The van der Waals surface area contributed by atoms with Gasteiger partial charge in [-0.1, -0.05) is 37.1 Å². The van der Waals surface area contributed by atoms with Gasteiger partial charge in [0.2, 0.25) is 0 Å².